The first kappa shape index (κ1) is 12.4. The van der Waals surface area contributed by atoms with Crippen LogP contribution in [0.25, 0.3) is 0 Å². The molecular weight excluding hydrogens is 214 g/mol. The number of amides is 1. The maximum atomic E-state index is 11.2. The van der Waals surface area contributed by atoms with Crippen molar-refractivity contribution in [1.82, 2.24) is 5.32 Å². The molecule has 86 valence electrons. The van der Waals surface area contributed by atoms with Crippen molar-refractivity contribution in [1.29, 1.82) is 0 Å². The summed E-state index contributed by atoms with van der Waals surface area (Å²) in [6, 6.07) is 0. The van der Waals surface area contributed by atoms with Gasteiger partial charge in [-0.05, 0) is 18.8 Å². The van der Waals surface area contributed by atoms with Crippen LogP contribution in [0.15, 0.2) is 0 Å². The molecule has 0 spiro atoms. The predicted molar refractivity (Wildman–Crippen MR) is 59.7 cm³/mol. The molecule has 4 nitrogen and oxygen atoms in total. The number of hydrogen-bond acceptors (Lipinski definition) is 4. The number of methoxy groups -OCH3 is 1. The predicted octanol–water partition coefficient (Wildman–Crippen LogP) is 0.809. The zero-order valence-electron chi connectivity index (χ0n) is 8.95. The van der Waals surface area contributed by atoms with Crippen LogP contribution < -0.4 is 5.32 Å². The van der Waals surface area contributed by atoms with Crippen LogP contribution in [0.4, 0.5) is 0 Å². The van der Waals surface area contributed by atoms with Gasteiger partial charge in [0.25, 0.3) is 0 Å². The van der Waals surface area contributed by atoms with Gasteiger partial charge >= 0.3 is 5.97 Å². The lowest BCUT2D eigenvalue weighted by Gasteiger charge is -2.03. The third kappa shape index (κ3) is 6.38. The zero-order chi connectivity index (χ0) is 11.1. The van der Waals surface area contributed by atoms with Crippen molar-refractivity contribution >= 4 is 23.6 Å². The van der Waals surface area contributed by atoms with Gasteiger partial charge in [0, 0.05) is 18.7 Å². The van der Waals surface area contributed by atoms with E-state index in [-0.39, 0.29) is 11.9 Å². The van der Waals surface area contributed by atoms with E-state index in [4.69, 9.17) is 0 Å². The van der Waals surface area contributed by atoms with Crippen LogP contribution in [0.3, 0.4) is 0 Å². The molecule has 0 saturated heterocycles. The fraction of sp³-hybridized carbons (Fsp3) is 0.800. The Morgan fingerprint density at radius 3 is 2.80 bits per heavy atom. The summed E-state index contributed by atoms with van der Waals surface area (Å²) in [5.74, 6) is 1.56. The van der Waals surface area contributed by atoms with Gasteiger partial charge in [0.05, 0.1) is 12.9 Å². The molecule has 1 N–H and O–H groups in total. The van der Waals surface area contributed by atoms with Gasteiger partial charge in [0.15, 0.2) is 0 Å². The van der Waals surface area contributed by atoms with Gasteiger partial charge in [-0.25, -0.2) is 0 Å². The van der Waals surface area contributed by atoms with Crippen molar-refractivity contribution in [3.05, 3.63) is 0 Å². The lowest BCUT2D eigenvalue weighted by atomic mass is 10.4. The topological polar surface area (TPSA) is 55.4 Å². The van der Waals surface area contributed by atoms with Gasteiger partial charge in [-0.3, -0.25) is 9.59 Å². The van der Waals surface area contributed by atoms with Crippen molar-refractivity contribution in [2.24, 2.45) is 5.92 Å². The number of carbonyl (C=O) groups excluding carboxylic acids is 2. The zero-order valence-corrected chi connectivity index (χ0v) is 9.77. The number of ether oxygens (including phenoxy) is 1. The maximum Gasteiger partial charge on any atom is 0.315 e. The molecule has 0 aromatic rings. The molecule has 1 rings (SSSR count). The Balaban J connectivity index is 1.89. The number of hydrogen-bond donors (Lipinski definition) is 1. The highest BCUT2D eigenvalue weighted by Gasteiger charge is 2.21. The smallest absolute Gasteiger partial charge is 0.315 e. The Bertz CT molecular complexity index is 229. The maximum absolute atomic E-state index is 11.2. The second-order valence-corrected chi connectivity index (χ2v) is 4.73. The number of nitrogens with one attached hydrogen (secondary N) is 1. The Morgan fingerprint density at radius 2 is 2.20 bits per heavy atom. The van der Waals surface area contributed by atoms with E-state index in [9.17, 15) is 9.59 Å². The number of carbonyl (C=O) groups is 2. The van der Waals surface area contributed by atoms with E-state index in [0.29, 0.717) is 17.9 Å². The molecule has 5 heteroatoms. The Morgan fingerprint density at radius 1 is 1.47 bits per heavy atom. The molecule has 0 bridgehead atoms. The van der Waals surface area contributed by atoms with Crippen LogP contribution in [0.1, 0.15) is 19.3 Å². The van der Waals surface area contributed by atoms with Crippen molar-refractivity contribution in [2.75, 3.05) is 25.2 Å². The quantitative estimate of drug-likeness (QED) is 0.520. The molecule has 1 amide bonds. The fourth-order valence-corrected chi connectivity index (χ4v) is 1.81. The summed E-state index contributed by atoms with van der Waals surface area (Å²) in [6.07, 6.45) is 2.98. The Labute approximate surface area is 94.1 Å². The summed E-state index contributed by atoms with van der Waals surface area (Å²) in [6.45, 7) is 0.820. The summed E-state index contributed by atoms with van der Waals surface area (Å²) in [5.41, 5.74) is 0. The van der Waals surface area contributed by atoms with Gasteiger partial charge in [0.2, 0.25) is 5.91 Å². The first-order chi connectivity index (χ1) is 7.22. The van der Waals surface area contributed by atoms with Crippen LogP contribution in [0.2, 0.25) is 0 Å². The first-order valence-corrected chi connectivity index (χ1v) is 6.29. The van der Waals surface area contributed by atoms with Crippen molar-refractivity contribution in [2.45, 2.75) is 19.3 Å². The molecule has 0 aromatic heterocycles. The first-order valence-electron chi connectivity index (χ1n) is 5.13. The van der Waals surface area contributed by atoms with Crippen LogP contribution in [0, 0.1) is 5.92 Å². The highest BCUT2D eigenvalue weighted by atomic mass is 32.2. The molecule has 0 unspecified atom stereocenters. The van der Waals surface area contributed by atoms with Crippen molar-refractivity contribution in [3.63, 3.8) is 0 Å². The fourth-order valence-electron chi connectivity index (χ4n) is 1.05. The van der Waals surface area contributed by atoms with E-state index in [0.717, 1.165) is 12.5 Å². The second kappa shape index (κ2) is 6.71. The number of rotatable bonds is 7. The summed E-state index contributed by atoms with van der Waals surface area (Å²) in [7, 11) is 1.37. The average Bonchev–Trinajstić information content (AvgIpc) is 3.04. The van der Waals surface area contributed by atoms with Crippen molar-refractivity contribution in [3.8, 4) is 0 Å². The minimum absolute atomic E-state index is 0.0827. The largest absolute Gasteiger partial charge is 0.468 e. The molecule has 0 aromatic carbocycles. The summed E-state index contributed by atoms with van der Waals surface area (Å²) in [4.78, 5) is 22.0. The van der Waals surface area contributed by atoms with Gasteiger partial charge in [-0.2, -0.15) is 0 Å². The molecule has 0 radical (unpaired) electrons. The highest BCUT2D eigenvalue weighted by Crippen LogP contribution is 2.27. The van der Waals surface area contributed by atoms with Gasteiger partial charge in [-0.1, -0.05) is 0 Å². The van der Waals surface area contributed by atoms with E-state index in [1.807, 2.05) is 0 Å². The molecule has 0 aliphatic heterocycles. The SMILES string of the molecule is COC(=O)CSCCC(=O)NCC1CC1. The van der Waals surface area contributed by atoms with Crippen LogP contribution in [0.5, 0.6) is 0 Å². The summed E-state index contributed by atoms with van der Waals surface area (Å²) in [5, 5.41) is 2.88. The summed E-state index contributed by atoms with van der Waals surface area (Å²) >= 11 is 1.43. The lowest BCUT2D eigenvalue weighted by molar-refractivity contribution is -0.137. The molecular formula is C10H17NO3S. The monoisotopic (exact) mass is 231 g/mol. The molecule has 15 heavy (non-hydrogen) atoms. The van der Waals surface area contributed by atoms with Gasteiger partial charge < -0.3 is 10.1 Å². The third-order valence-corrected chi connectivity index (χ3v) is 3.14. The molecule has 0 atom stereocenters. The Kier molecular flexibility index (Phi) is 5.53. The van der Waals surface area contributed by atoms with E-state index in [1.165, 1.54) is 31.7 Å². The van der Waals surface area contributed by atoms with E-state index in [1.54, 1.807) is 0 Å². The van der Waals surface area contributed by atoms with Gasteiger partial charge in [0.1, 0.15) is 0 Å². The van der Waals surface area contributed by atoms with Crippen molar-refractivity contribution < 1.29 is 14.3 Å². The Hall–Kier alpha value is -0.710. The van der Waals surface area contributed by atoms with Crippen LogP contribution in [-0.4, -0.2) is 37.0 Å². The van der Waals surface area contributed by atoms with Crippen LogP contribution >= 0.6 is 11.8 Å². The van der Waals surface area contributed by atoms with Crippen LogP contribution in [-0.2, 0) is 14.3 Å². The highest BCUT2D eigenvalue weighted by molar-refractivity contribution is 7.99. The standard InChI is InChI=1S/C10H17NO3S/c1-14-10(13)7-15-5-4-9(12)11-6-8-2-3-8/h8H,2-7H2,1H3,(H,11,12). The van der Waals surface area contributed by atoms with E-state index >= 15 is 0 Å². The molecule has 1 saturated carbocycles. The van der Waals surface area contributed by atoms with E-state index in [2.05, 4.69) is 10.1 Å². The normalized spacial score (nSPS) is 14.7. The molecule has 1 aliphatic rings. The number of thioether (sulfide) groups is 1. The average molecular weight is 231 g/mol. The lowest BCUT2D eigenvalue weighted by Crippen LogP contribution is -2.25. The van der Waals surface area contributed by atoms with E-state index < -0.39 is 0 Å². The van der Waals surface area contributed by atoms with Gasteiger partial charge in [-0.15, -0.1) is 11.8 Å². The summed E-state index contributed by atoms with van der Waals surface area (Å²) < 4.78 is 4.48. The molecule has 0 heterocycles. The second-order valence-electron chi connectivity index (χ2n) is 3.63. The third-order valence-electron chi connectivity index (χ3n) is 2.21. The molecule has 1 aliphatic carbocycles. The minimum atomic E-state index is -0.238. The minimum Gasteiger partial charge on any atom is -0.468 e. The number of esters is 1. The molecule has 1 fully saturated rings.